The monoisotopic (exact) mass is 490 g/mol. The predicted molar refractivity (Wildman–Crippen MR) is 121 cm³/mol. The zero-order valence-electron chi connectivity index (χ0n) is 20.1. The van der Waals surface area contributed by atoms with Gasteiger partial charge in [-0.15, -0.1) is 0 Å². The SMILES string of the molecule is CC(C)[C@H](NC(=O)OC(C)(C)C)C(=O)O[C@H]1[C@@H](O)C(C#N)(c2ccc3c(N)ncnn23)O[C@@H]1CO. The van der Waals surface area contributed by atoms with Crippen LogP contribution in [0.25, 0.3) is 5.52 Å². The van der Waals surface area contributed by atoms with Crippen molar-refractivity contribution < 1.29 is 34.0 Å². The van der Waals surface area contributed by atoms with Gasteiger partial charge in [0.25, 0.3) is 0 Å². The molecule has 0 spiro atoms. The van der Waals surface area contributed by atoms with Crippen molar-refractivity contribution in [1.82, 2.24) is 19.9 Å². The molecule has 13 nitrogen and oxygen atoms in total. The average Bonchev–Trinajstić information content (AvgIpc) is 3.32. The molecule has 1 fully saturated rings. The molecule has 0 bridgehead atoms. The summed E-state index contributed by atoms with van der Waals surface area (Å²) in [6.45, 7) is 7.75. The number of carbonyl (C=O) groups excluding carboxylic acids is 2. The van der Waals surface area contributed by atoms with Crippen LogP contribution in [-0.2, 0) is 24.6 Å². The second kappa shape index (κ2) is 9.65. The number of aliphatic hydroxyl groups is 2. The van der Waals surface area contributed by atoms with Crippen molar-refractivity contribution >= 4 is 23.4 Å². The molecule has 190 valence electrons. The summed E-state index contributed by atoms with van der Waals surface area (Å²) in [5.74, 6) is -1.16. The van der Waals surface area contributed by atoms with Crippen LogP contribution in [0.4, 0.5) is 10.6 Å². The van der Waals surface area contributed by atoms with E-state index in [0.717, 1.165) is 0 Å². The minimum Gasteiger partial charge on any atom is -0.455 e. The molecule has 1 amide bonds. The van der Waals surface area contributed by atoms with Gasteiger partial charge in [-0.05, 0) is 38.8 Å². The highest BCUT2D eigenvalue weighted by Gasteiger charge is 2.59. The highest BCUT2D eigenvalue weighted by molar-refractivity contribution is 5.82. The highest BCUT2D eigenvalue weighted by Crippen LogP contribution is 2.41. The molecule has 3 heterocycles. The van der Waals surface area contributed by atoms with Crippen molar-refractivity contribution in [3.8, 4) is 6.07 Å². The molecular weight excluding hydrogens is 460 g/mol. The second-order valence-corrected chi connectivity index (χ2v) is 9.56. The van der Waals surface area contributed by atoms with E-state index in [1.807, 2.05) is 6.07 Å². The third-order valence-corrected chi connectivity index (χ3v) is 5.48. The van der Waals surface area contributed by atoms with E-state index < -0.39 is 60.1 Å². The Morgan fingerprint density at radius 1 is 1.40 bits per heavy atom. The Balaban J connectivity index is 1.89. The van der Waals surface area contributed by atoms with Gasteiger partial charge in [0.1, 0.15) is 41.8 Å². The largest absolute Gasteiger partial charge is 0.455 e. The van der Waals surface area contributed by atoms with E-state index in [9.17, 15) is 25.1 Å². The van der Waals surface area contributed by atoms with Gasteiger partial charge in [-0.1, -0.05) is 13.8 Å². The van der Waals surface area contributed by atoms with Crippen molar-refractivity contribution in [1.29, 1.82) is 5.26 Å². The highest BCUT2D eigenvalue weighted by atomic mass is 16.6. The number of aliphatic hydroxyl groups excluding tert-OH is 2. The number of ether oxygens (including phenoxy) is 3. The lowest BCUT2D eigenvalue weighted by Crippen LogP contribution is -2.50. The van der Waals surface area contributed by atoms with E-state index >= 15 is 0 Å². The van der Waals surface area contributed by atoms with E-state index in [1.165, 1.54) is 16.9 Å². The summed E-state index contributed by atoms with van der Waals surface area (Å²) in [5, 5.41) is 37.7. The standard InChI is InChI=1S/C22H30N6O7/c1-11(2)15(27-20(32)35-21(3,4)5)19(31)33-16-13(8-29)34-22(9-23,17(16)30)14-7-6-12-18(24)25-10-26-28(12)14/h6-7,10-11,13,15-17,29-30H,8H2,1-5H3,(H,27,32)(H2,24,25,26)/t13-,15+,16-,17-,22?/m1/s1. The van der Waals surface area contributed by atoms with E-state index in [-0.39, 0.29) is 11.5 Å². The van der Waals surface area contributed by atoms with E-state index in [1.54, 1.807) is 40.7 Å². The van der Waals surface area contributed by atoms with Crippen LogP contribution in [0.3, 0.4) is 0 Å². The smallest absolute Gasteiger partial charge is 0.408 e. The number of carbonyl (C=O) groups is 2. The van der Waals surface area contributed by atoms with Crippen LogP contribution in [0.15, 0.2) is 18.5 Å². The first-order valence-corrected chi connectivity index (χ1v) is 11.0. The maximum Gasteiger partial charge on any atom is 0.408 e. The van der Waals surface area contributed by atoms with Gasteiger partial charge in [0, 0.05) is 0 Å². The van der Waals surface area contributed by atoms with Crippen molar-refractivity contribution in [2.24, 2.45) is 5.92 Å². The molecule has 13 heteroatoms. The first-order chi connectivity index (χ1) is 16.3. The molecule has 0 aliphatic carbocycles. The number of nitrogen functional groups attached to an aromatic ring is 1. The minimum atomic E-state index is -2.04. The summed E-state index contributed by atoms with van der Waals surface area (Å²) in [6.07, 6.45) is -4.03. The maximum atomic E-state index is 13.0. The molecule has 1 aliphatic rings. The maximum absolute atomic E-state index is 13.0. The molecule has 0 saturated carbocycles. The molecule has 5 atom stereocenters. The van der Waals surface area contributed by atoms with Gasteiger partial charge in [0.15, 0.2) is 11.9 Å². The number of nitrogens with two attached hydrogens (primary N) is 1. The van der Waals surface area contributed by atoms with Crippen molar-refractivity contribution in [3.05, 3.63) is 24.2 Å². The molecule has 1 aliphatic heterocycles. The van der Waals surface area contributed by atoms with Crippen molar-refractivity contribution in [2.75, 3.05) is 12.3 Å². The average molecular weight is 491 g/mol. The van der Waals surface area contributed by atoms with Gasteiger partial charge >= 0.3 is 12.1 Å². The van der Waals surface area contributed by atoms with Crippen LogP contribution in [0.2, 0.25) is 0 Å². The zero-order valence-corrected chi connectivity index (χ0v) is 20.1. The molecule has 35 heavy (non-hydrogen) atoms. The van der Waals surface area contributed by atoms with Crippen LogP contribution in [0.5, 0.6) is 0 Å². The molecule has 1 unspecified atom stereocenters. The van der Waals surface area contributed by atoms with Crippen LogP contribution in [0.1, 0.15) is 40.3 Å². The number of hydrogen-bond acceptors (Lipinski definition) is 11. The van der Waals surface area contributed by atoms with E-state index in [0.29, 0.717) is 5.52 Å². The number of nitriles is 1. The number of hydrogen-bond donors (Lipinski definition) is 4. The van der Waals surface area contributed by atoms with Crippen LogP contribution < -0.4 is 11.1 Å². The number of amides is 1. The topological polar surface area (TPSA) is 194 Å². The number of fused-ring (bicyclic) bond motifs is 1. The lowest BCUT2D eigenvalue weighted by Gasteiger charge is -2.28. The fourth-order valence-electron chi connectivity index (χ4n) is 3.83. The Morgan fingerprint density at radius 3 is 2.66 bits per heavy atom. The summed E-state index contributed by atoms with van der Waals surface area (Å²) >= 11 is 0. The Labute approximate surface area is 201 Å². The van der Waals surface area contributed by atoms with Crippen molar-refractivity contribution in [3.63, 3.8) is 0 Å². The van der Waals surface area contributed by atoms with Gasteiger partial charge in [0.2, 0.25) is 5.60 Å². The quantitative estimate of drug-likeness (QED) is 0.405. The van der Waals surface area contributed by atoms with Gasteiger partial charge < -0.3 is 35.5 Å². The van der Waals surface area contributed by atoms with Crippen LogP contribution in [-0.4, -0.2) is 73.4 Å². The molecule has 3 rings (SSSR count). The number of rotatable bonds is 6. The molecule has 1 saturated heterocycles. The fourth-order valence-corrected chi connectivity index (χ4v) is 3.83. The van der Waals surface area contributed by atoms with Gasteiger partial charge in [-0.2, -0.15) is 10.4 Å². The zero-order chi connectivity index (χ0) is 26.1. The van der Waals surface area contributed by atoms with Gasteiger partial charge in [-0.25, -0.2) is 19.1 Å². The number of aromatic nitrogens is 3. The molecule has 2 aromatic rings. The Hall–Kier alpha value is -3.47. The molecular formula is C22H30N6O7. The molecule has 0 aromatic carbocycles. The molecule has 0 radical (unpaired) electrons. The summed E-state index contributed by atoms with van der Waals surface area (Å²) in [6, 6.07) is 3.83. The fraction of sp³-hybridized carbons (Fsp3) is 0.591. The summed E-state index contributed by atoms with van der Waals surface area (Å²) in [4.78, 5) is 29.1. The lowest BCUT2D eigenvalue weighted by molar-refractivity contribution is -0.160. The predicted octanol–water partition coefficient (Wildman–Crippen LogP) is 0.243. The van der Waals surface area contributed by atoms with Crippen LogP contribution in [0, 0.1) is 17.2 Å². The molecule has 5 N–H and O–H groups in total. The Bertz CT molecular complexity index is 1140. The Morgan fingerprint density at radius 2 is 2.09 bits per heavy atom. The number of nitrogens with zero attached hydrogens (tertiary/aromatic N) is 4. The first kappa shape index (κ1) is 26.1. The number of alkyl carbamates (subject to hydrolysis) is 1. The third-order valence-electron chi connectivity index (χ3n) is 5.48. The number of nitrogens with one attached hydrogen (secondary N) is 1. The Kier molecular flexibility index (Phi) is 7.21. The summed E-state index contributed by atoms with van der Waals surface area (Å²) in [5.41, 5.74) is 3.51. The van der Waals surface area contributed by atoms with E-state index in [4.69, 9.17) is 19.9 Å². The van der Waals surface area contributed by atoms with Gasteiger partial charge in [0.05, 0.1) is 12.3 Å². The van der Waals surface area contributed by atoms with Crippen LogP contribution >= 0.6 is 0 Å². The summed E-state index contributed by atoms with van der Waals surface area (Å²) in [7, 11) is 0. The summed E-state index contributed by atoms with van der Waals surface area (Å²) < 4.78 is 17.8. The molecule has 2 aromatic heterocycles. The minimum absolute atomic E-state index is 0.112. The third kappa shape index (κ3) is 5.00. The number of anilines is 1. The van der Waals surface area contributed by atoms with Crippen molar-refractivity contribution in [2.45, 2.75) is 70.2 Å². The van der Waals surface area contributed by atoms with E-state index in [2.05, 4.69) is 15.4 Å². The second-order valence-electron chi connectivity index (χ2n) is 9.56. The lowest BCUT2D eigenvalue weighted by atomic mass is 9.92. The van der Waals surface area contributed by atoms with Gasteiger partial charge in [-0.3, -0.25) is 0 Å². The first-order valence-electron chi connectivity index (χ1n) is 11.0. The normalized spacial score (nSPS) is 25.3. The number of esters is 1.